The third-order valence-electron chi connectivity index (χ3n) is 2.92. The molecule has 1 aliphatic heterocycles. The summed E-state index contributed by atoms with van der Waals surface area (Å²) in [6, 6.07) is 4.28. The lowest BCUT2D eigenvalue weighted by Gasteiger charge is -2.32. The molecule has 0 amide bonds. The second-order valence-corrected chi connectivity index (χ2v) is 5.31. The molecule has 2 N–H and O–H groups in total. The van der Waals surface area contributed by atoms with E-state index in [0.717, 1.165) is 11.4 Å². The van der Waals surface area contributed by atoms with E-state index >= 15 is 0 Å². The number of hydrogen-bond donors (Lipinski definition) is 2. The minimum atomic E-state index is 0.189. The average Bonchev–Trinajstić information content (AvgIpc) is 2.29. The number of benzene rings is 1. The normalized spacial score (nSPS) is 23.5. The van der Waals surface area contributed by atoms with Crippen LogP contribution in [0.2, 0.25) is 0 Å². The molecule has 0 radical (unpaired) electrons. The number of fused-ring (bicyclic) bond motifs is 1. The lowest BCUT2D eigenvalue weighted by molar-refractivity contribution is 0.287. The van der Waals surface area contributed by atoms with E-state index in [1.165, 1.54) is 10.5 Å². The Balaban J connectivity index is 2.44. The predicted molar refractivity (Wildman–Crippen MR) is 67.5 cm³/mol. The van der Waals surface area contributed by atoms with E-state index in [2.05, 4.69) is 25.2 Å². The first kappa shape index (κ1) is 11.6. The fourth-order valence-corrected chi connectivity index (χ4v) is 3.08. The fourth-order valence-electron chi connectivity index (χ4n) is 1.90. The van der Waals surface area contributed by atoms with Gasteiger partial charge in [-0.2, -0.15) is 0 Å². The van der Waals surface area contributed by atoms with Crippen molar-refractivity contribution in [3.8, 4) is 5.75 Å². The van der Waals surface area contributed by atoms with E-state index in [4.69, 9.17) is 4.74 Å². The molecule has 1 aromatic carbocycles. The number of ether oxygens (including phenoxy) is 1. The molecule has 0 aliphatic carbocycles. The quantitative estimate of drug-likeness (QED) is 0.830. The first-order valence-corrected chi connectivity index (χ1v) is 6.27. The van der Waals surface area contributed by atoms with Crippen LogP contribution in [-0.2, 0) is 0 Å². The minimum Gasteiger partial charge on any atom is -0.495 e. The van der Waals surface area contributed by atoms with E-state index < -0.39 is 0 Å². The maximum Gasteiger partial charge on any atom is 0.143 e. The van der Waals surface area contributed by atoms with Gasteiger partial charge in [-0.15, -0.1) is 11.8 Å². The summed E-state index contributed by atoms with van der Waals surface area (Å²) in [6.45, 7) is 4.35. The van der Waals surface area contributed by atoms with Crippen LogP contribution in [0.15, 0.2) is 17.0 Å². The highest BCUT2D eigenvalue weighted by Gasteiger charge is 2.28. The van der Waals surface area contributed by atoms with Crippen molar-refractivity contribution in [2.45, 2.75) is 30.0 Å². The molecule has 0 spiro atoms. The Hall–Kier alpha value is -0.870. The van der Waals surface area contributed by atoms with E-state index in [9.17, 15) is 5.11 Å². The van der Waals surface area contributed by atoms with Crippen LogP contribution in [0.4, 0.5) is 5.69 Å². The smallest absolute Gasteiger partial charge is 0.143 e. The van der Waals surface area contributed by atoms with Gasteiger partial charge in [0.15, 0.2) is 0 Å². The van der Waals surface area contributed by atoms with Crippen molar-refractivity contribution in [2.75, 3.05) is 19.0 Å². The highest BCUT2D eigenvalue weighted by Crippen LogP contribution is 2.44. The van der Waals surface area contributed by atoms with Crippen LogP contribution in [0.1, 0.15) is 12.5 Å². The monoisotopic (exact) mass is 239 g/mol. The summed E-state index contributed by atoms with van der Waals surface area (Å²) in [5.41, 5.74) is 2.28. The summed E-state index contributed by atoms with van der Waals surface area (Å²) in [5, 5.41) is 12.9. The number of anilines is 1. The Bertz CT molecular complexity index is 395. The van der Waals surface area contributed by atoms with E-state index in [-0.39, 0.29) is 17.9 Å². The van der Waals surface area contributed by atoms with Crippen molar-refractivity contribution in [1.82, 2.24) is 0 Å². The Morgan fingerprint density at radius 1 is 1.50 bits per heavy atom. The molecule has 0 aromatic heterocycles. The van der Waals surface area contributed by atoms with Crippen LogP contribution in [0.5, 0.6) is 5.75 Å². The Kier molecular flexibility index (Phi) is 3.30. The van der Waals surface area contributed by atoms with Crippen LogP contribution in [0.25, 0.3) is 0 Å². The van der Waals surface area contributed by atoms with E-state index in [1.54, 1.807) is 18.9 Å². The fraction of sp³-hybridized carbons (Fsp3) is 0.500. The van der Waals surface area contributed by atoms with E-state index in [1.807, 2.05) is 6.07 Å². The van der Waals surface area contributed by atoms with Crippen LogP contribution >= 0.6 is 11.8 Å². The van der Waals surface area contributed by atoms with Crippen molar-refractivity contribution < 1.29 is 9.84 Å². The van der Waals surface area contributed by atoms with Crippen molar-refractivity contribution >= 4 is 17.4 Å². The number of thioether (sulfide) groups is 1. The molecule has 16 heavy (non-hydrogen) atoms. The van der Waals surface area contributed by atoms with Gasteiger partial charge in [0, 0.05) is 10.9 Å². The number of aliphatic hydroxyl groups excluding tert-OH is 1. The molecule has 88 valence electrons. The molecule has 2 atom stereocenters. The summed E-state index contributed by atoms with van der Waals surface area (Å²) in [6.07, 6.45) is 0. The zero-order chi connectivity index (χ0) is 11.7. The van der Waals surface area contributed by atoms with Gasteiger partial charge in [0.1, 0.15) is 5.75 Å². The van der Waals surface area contributed by atoms with Crippen molar-refractivity contribution in [3.05, 3.63) is 17.7 Å². The van der Waals surface area contributed by atoms with Crippen molar-refractivity contribution in [3.63, 3.8) is 0 Å². The van der Waals surface area contributed by atoms with Gasteiger partial charge >= 0.3 is 0 Å². The van der Waals surface area contributed by atoms with Gasteiger partial charge in [0.25, 0.3) is 0 Å². The molecule has 0 fully saturated rings. The molecule has 0 bridgehead atoms. The SMILES string of the molecule is COc1ccc(C)c2c1NC(C)C(CO)S2. The highest BCUT2D eigenvalue weighted by atomic mass is 32.2. The molecule has 2 rings (SSSR count). The van der Waals surface area contributed by atoms with Crippen LogP contribution in [0.3, 0.4) is 0 Å². The zero-order valence-corrected chi connectivity index (χ0v) is 10.6. The summed E-state index contributed by atoms with van der Waals surface area (Å²) in [4.78, 5) is 1.19. The first-order valence-electron chi connectivity index (χ1n) is 5.39. The third kappa shape index (κ3) is 1.87. The number of rotatable bonds is 2. The minimum absolute atomic E-state index is 0.189. The summed E-state index contributed by atoms with van der Waals surface area (Å²) in [7, 11) is 1.68. The maximum absolute atomic E-state index is 9.31. The highest BCUT2D eigenvalue weighted by molar-refractivity contribution is 8.00. The molecule has 0 saturated heterocycles. The van der Waals surface area contributed by atoms with Gasteiger partial charge in [-0.25, -0.2) is 0 Å². The van der Waals surface area contributed by atoms with Gasteiger partial charge in [-0.05, 0) is 25.5 Å². The molecule has 1 heterocycles. The molecule has 1 aromatic rings. The van der Waals surface area contributed by atoms with Gasteiger partial charge < -0.3 is 15.2 Å². The van der Waals surface area contributed by atoms with Gasteiger partial charge in [0.2, 0.25) is 0 Å². The van der Waals surface area contributed by atoms with E-state index in [0.29, 0.717) is 0 Å². The Morgan fingerprint density at radius 2 is 2.25 bits per heavy atom. The summed E-state index contributed by atoms with van der Waals surface area (Å²) in [5.74, 6) is 0.872. The van der Waals surface area contributed by atoms with Gasteiger partial charge in [-0.3, -0.25) is 0 Å². The zero-order valence-electron chi connectivity index (χ0n) is 9.78. The van der Waals surface area contributed by atoms with Crippen LogP contribution in [0, 0.1) is 6.92 Å². The molecule has 3 nitrogen and oxygen atoms in total. The average molecular weight is 239 g/mol. The van der Waals surface area contributed by atoms with Crippen molar-refractivity contribution in [2.24, 2.45) is 0 Å². The Labute approximate surface area is 100 Å². The molecule has 4 heteroatoms. The van der Waals surface area contributed by atoms with Crippen molar-refractivity contribution in [1.29, 1.82) is 0 Å². The van der Waals surface area contributed by atoms with Crippen LogP contribution < -0.4 is 10.1 Å². The lowest BCUT2D eigenvalue weighted by atomic mass is 10.1. The number of methoxy groups -OCH3 is 1. The molecular weight excluding hydrogens is 222 g/mol. The van der Waals surface area contributed by atoms with Crippen LogP contribution in [-0.4, -0.2) is 30.1 Å². The number of hydrogen-bond acceptors (Lipinski definition) is 4. The third-order valence-corrected chi connectivity index (χ3v) is 4.54. The second kappa shape index (κ2) is 4.55. The lowest BCUT2D eigenvalue weighted by Crippen LogP contribution is -2.34. The predicted octanol–water partition coefficient (Wildman–Crippen LogP) is 2.27. The van der Waals surface area contributed by atoms with Gasteiger partial charge in [0.05, 0.1) is 24.7 Å². The topological polar surface area (TPSA) is 41.5 Å². The van der Waals surface area contributed by atoms with Gasteiger partial charge in [-0.1, -0.05) is 6.07 Å². The molecule has 1 aliphatic rings. The summed E-state index contributed by atoms with van der Waals surface area (Å²) >= 11 is 1.73. The molecular formula is C12H17NO2S. The maximum atomic E-state index is 9.31. The first-order chi connectivity index (χ1) is 7.67. The Morgan fingerprint density at radius 3 is 2.88 bits per heavy atom. The second-order valence-electron chi connectivity index (χ2n) is 4.06. The number of aryl methyl sites for hydroxylation is 1. The standard InChI is InChI=1S/C12H17NO2S/c1-7-4-5-9(15-3)11-12(7)16-10(6-14)8(2)13-11/h4-5,8,10,13-14H,6H2,1-3H3. The largest absolute Gasteiger partial charge is 0.495 e. The summed E-state index contributed by atoms with van der Waals surface area (Å²) < 4.78 is 5.35. The number of aliphatic hydroxyl groups is 1. The molecule has 0 saturated carbocycles. The molecule has 2 unspecified atom stereocenters. The number of nitrogens with one attached hydrogen (secondary N) is 1.